The van der Waals surface area contributed by atoms with Crippen LogP contribution in [-0.2, 0) is 0 Å². The molecule has 0 radical (unpaired) electrons. The molecule has 19 heavy (non-hydrogen) atoms. The summed E-state index contributed by atoms with van der Waals surface area (Å²) in [5, 5.41) is 14.3. The molecule has 0 spiro atoms. The molecule has 0 bridgehead atoms. The highest BCUT2D eigenvalue weighted by Crippen LogP contribution is 2.26. The summed E-state index contributed by atoms with van der Waals surface area (Å²) < 4.78 is 1.55. The van der Waals surface area contributed by atoms with E-state index in [2.05, 4.69) is 11.2 Å². The second kappa shape index (κ2) is 5.21. The minimum atomic E-state index is 0.333. The fraction of sp³-hybridized carbons (Fsp3) is 0.231. The van der Waals surface area contributed by atoms with Gasteiger partial charge in [0.05, 0.1) is 5.69 Å². The molecule has 1 aromatic carbocycles. The molecule has 2 aromatic rings. The lowest BCUT2D eigenvalue weighted by Crippen LogP contribution is -2.17. The molecule has 0 aliphatic rings. The van der Waals surface area contributed by atoms with Crippen molar-refractivity contribution >= 4 is 23.2 Å². The van der Waals surface area contributed by atoms with Crippen LogP contribution in [0.1, 0.15) is 12.5 Å². The van der Waals surface area contributed by atoms with Gasteiger partial charge in [0.25, 0.3) is 0 Å². The Balaban J connectivity index is 2.56. The zero-order chi connectivity index (χ0) is 14.0. The molecule has 0 saturated carbocycles. The van der Waals surface area contributed by atoms with Gasteiger partial charge in [0.15, 0.2) is 5.82 Å². The molecule has 2 rings (SSSR count). The Morgan fingerprint density at radius 3 is 2.58 bits per heavy atom. The highest BCUT2D eigenvalue weighted by atomic mass is 35.5. The molecule has 1 aromatic heterocycles. The lowest BCUT2D eigenvalue weighted by molar-refractivity contribution is 0.852. The summed E-state index contributed by atoms with van der Waals surface area (Å²) in [4.78, 5) is 1.88. The number of anilines is 2. The van der Waals surface area contributed by atoms with Gasteiger partial charge in [-0.1, -0.05) is 11.6 Å². The van der Waals surface area contributed by atoms with Crippen LogP contribution in [0.3, 0.4) is 0 Å². The smallest absolute Gasteiger partial charge is 0.171 e. The molecule has 0 atom stereocenters. The van der Waals surface area contributed by atoms with Crippen molar-refractivity contribution in [2.45, 2.75) is 6.92 Å². The number of hydrogen-bond acceptors (Lipinski definition) is 4. The molecule has 6 heteroatoms. The maximum Gasteiger partial charge on any atom is 0.171 e. The van der Waals surface area contributed by atoms with Gasteiger partial charge in [-0.2, -0.15) is 5.26 Å². The van der Waals surface area contributed by atoms with E-state index in [4.69, 9.17) is 17.3 Å². The first-order chi connectivity index (χ1) is 9.08. The molecule has 0 aliphatic heterocycles. The number of nitrogens with two attached hydrogens (primary N) is 1. The van der Waals surface area contributed by atoms with E-state index in [1.807, 2.05) is 31.0 Å². The maximum absolute atomic E-state index is 9.22. The molecule has 0 saturated heterocycles. The van der Waals surface area contributed by atoms with Crippen LogP contribution in [0, 0.1) is 11.3 Å². The number of aromatic nitrogens is 2. The number of hydrogen-bond donors (Lipinski definition) is 1. The van der Waals surface area contributed by atoms with Gasteiger partial charge in [0.2, 0.25) is 0 Å². The third-order valence-electron chi connectivity index (χ3n) is 2.92. The van der Waals surface area contributed by atoms with E-state index < -0.39 is 0 Å². The van der Waals surface area contributed by atoms with Gasteiger partial charge in [0.1, 0.15) is 17.5 Å². The van der Waals surface area contributed by atoms with Crippen LogP contribution in [0.25, 0.3) is 5.69 Å². The van der Waals surface area contributed by atoms with Crippen LogP contribution in [0.2, 0.25) is 5.02 Å². The average molecular weight is 276 g/mol. The van der Waals surface area contributed by atoms with Gasteiger partial charge in [-0.25, -0.2) is 4.68 Å². The van der Waals surface area contributed by atoms with E-state index in [-0.39, 0.29) is 0 Å². The van der Waals surface area contributed by atoms with Gasteiger partial charge in [-0.05, 0) is 31.2 Å². The van der Waals surface area contributed by atoms with E-state index in [1.165, 1.54) is 0 Å². The highest BCUT2D eigenvalue weighted by molar-refractivity contribution is 6.30. The van der Waals surface area contributed by atoms with Gasteiger partial charge in [-0.3, -0.25) is 0 Å². The van der Waals surface area contributed by atoms with Crippen LogP contribution in [0.4, 0.5) is 11.6 Å². The summed E-state index contributed by atoms with van der Waals surface area (Å²) in [5.74, 6) is 0.914. The number of benzene rings is 1. The quantitative estimate of drug-likeness (QED) is 0.934. The van der Waals surface area contributed by atoms with Crippen molar-refractivity contribution < 1.29 is 0 Å². The lowest BCUT2D eigenvalue weighted by Gasteiger charge is -2.12. The van der Waals surface area contributed by atoms with Crippen molar-refractivity contribution in [2.24, 2.45) is 0 Å². The zero-order valence-electron chi connectivity index (χ0n) is 10.8. The monoisotopic (exact) mass is 275 g/mol. The summed E-state index contributed by atoms with van der Waals surface area (Å²) >= 11 is 5.85. The Hall–Kier alpha value is -2.19. The van der Waals surface area contributed by atoms with Crippen molar-refractivity contribution in [1.82, 2.24) is 9.78 Å². The molecule has 1 heterocycles. The molecular formula is C13H14ClN5. The molecule has 0 amide bonds. The molecular weight excluding hydrogens is 262 g/mol. The normalized spacial score (nSPS) is 10.2. The highest BCUT2D eigenvalue weighted by Gasteiger charge is 2.18. The Labute approximate surface area is 116 Å². The van der Waals surface area contributed by atoms with Crippen molar-refractivity contribution in [3.8, 4) is 11.8 Å². The third-order valence-corrected chi connectivity index (χ3v) is 3.17. The second-order valence-electron chi connectivity index (χ2n) is 4.10. The minimum Gasteiger partial charge on any atom is -0.382 e. The summed E-state index contributed by atoms with van der Waals surface area (Å²) in [7, 11) is 1.87. The van der Waals surface area contributed by atoms with E-state index in [1.54, 1.807) is 16.8 Å². The average Bonchev–Trinajstić information content (AvgIpc) is 2.76. The zero-order valence-corrected chi connectivity index (χ0v) is 11.5. The van der Waals surface area contributed by atoms with Gasteiger partial charge in [0, 0.05) is 18.6 Å². The largest absolute Gasteiger partial charge is 0.382 e. The first-order valence-corrected chi connectivity index (χ1v) is 6.22. The minimum absolute atomic E-state index is 0.333. The summed E-state index contributed by atoms with van der Waals surface area (Å²) in [6.07, 6.45) is 0. The molecule has 98 valence electrons. The molecule has 0 aliphatic carbocycles. The van der Waals surface area contributed by atoms with E-state index in [0.717, 1.165) is 12.2 Å². The van der Waals surface area contributed by atoms with E-state index >= 15 is 0 Å². The standard InChI is InChI=1S/C13H14ClN5/c1-3-18(2)13-11(8-15)12(16)19(17-13)10-6-4-9(14)5-7-10/h4-7H,3,16H2,1-2H3. The summed E-state index contributed by atoms with van der Waals surface area (Å²) in [6.45, 7) is 2.73. The molecule has 5 nitrogen and oxygen atoms in total. The van der Waals surface area contributed by atoms with Crippen molar-refractivity contribution in [3.63, 3.8) is 0 Å². The number of rotatable bonds is 3. The van der Waals surface area contributed by atoms with Crippen molar-refractivity contribution in [2.75, 3.05) is 24.2 Å². The van der Waals surface area contributed by atoms with Gasteiger partial charge < -0.3 is 10.6 Å². The topological polar surface area (TPSA) is 70.9 Å². The fourth-order valence-corrected chi connectivity index (χ4v) is 1.85. The molecule has 0 fully saturated rings. The van der Waals surface area contributed by atoms with E-state index in [9.17, 15) is 5.26 Å². The Kier molecular flexibility index (Phi) is 3.63. The number of nitrogens with zero attached hydrogens (tertiary/aromatic N) is 4. The first-order valence-electron chi connectivity index (χ1n) is 5.84. The van der Waals surface area contributed by atoms with Crippen LogP contribution < -0.4 is 10.6 Å². The lowest BCUT2D eigenvalue weighted by atomic mass is 10.3. The molecule has 2 N–H and O–H groups in total. The predicted molar refractivity (Wildman–Crippen MR) is 76.6 cm³/mol. The van der Waals surface area contributed by atoms with Crippen LogP contribution in [0.15, 0.2) is 24.3 Å². The third kappa shape index (κ3) is 2.35. The van der Waals surface area contributed by atoms with Crippen LogP contribution in [0.5, 0.6) is 0 Å². The Morgan fingerprint density at radius 2 is 2.05 bits per heavy atom. The van der Waals surface area contributed by atoms with Crippen LogP contribution >= 0.6 is 11.6 Å². The van der Waals surface area contributed by atoms with Crippen LogP contribution in [-0.4, -0.2) is 23.4 Å². The number of nitrogen functional groups attached to an aromatic ring is 1. The SMILES string of the molecule is CCN(C)c1nn(-c2ccc(Cl)cc2)c(N)c1C#N. The maximum atomic E-state index is 9.22. The number of nitriles is 1. The summed E-state index contributed by atoms with van der Waals surface area (Å²) in [5.41, 5.74) is 7.16. The summed E-state index contributed by atoms with van der Waals surface area (Å²) in [6, 6.07) is 9.24. The van der Waals surface area contributed by atoms with Gasteiger partial charge >= 0.3 is 0 Å². The first kappa shape index (κ1) is 13.2. The molecule has 0 unspecified atom stereocenters. The fourth-order valence-electron chi connectivity index (χ4n) is 1.72. The second-order valence-corrected chi connectivity index (χ2v) is 4.53. The Bertz CT molecular complexity index is 624. The van der Waals surface area contributed by atoms with Crippen molar-refractivity contribution in [1.29, 1.82) is 5.26 Å². The van der Waals surface area contributed by atoms with Gasteiger partial charge in [-0.15, -0.1) is 5.10 Å². The number of halogens is 1. The predicted octanol–water partition coefficient (Wildman–Crippen LogP) is 2.44. The Morgan fingerprint density at radius 1 is 1.42 bits per heavy atom. The van der Waals surface area contributed by atoms with E-state index in [0.29, 0.717) is 22.2 Å². The van der Waals surface area contributed by atoms with Crippen molar-refractivity contribution in [3.05, 3.63) is 34.9 Å².